The molecule has 2 heterocycles. The van der Waals surface area contributed by atoms with Crippen molar-refractivity contribution in [1.82, 2.24) is 0 Å². The molecule has 1 saturated heterocycles. The number of hydrogen-bond donors (Lipinski definition) is 2. The second-order valence-electron chi connectivity index (χ2n) is 7.31. The molecule has 0 atom stereocenters. The lowest BCUT2D eigenvalue weighted by Gasteiger charge is -2.28. The van der Waals surface area contributed by atoms with Crippen LogP contribution in [0, 0.1) is 0 Å². The largest absolute Gasteiger partial charge is 0.378 e. The summed E-state index contributed by atoms with van der Waals surface area (Å²) in [6, 6.07) is 19.1. The van der Waals surface area contributed by atoms with E-state index < -0.39 is 0 Å². The number of benzene rings is 2. The minimum Gasteiger partial charge on any atom is -0.378 e. The quantitative estimate of drug-likeness (QED) is 0.566. The maximum atomic E-state index is 13.0. The molecule has 2 amide bonds. The van der Waals surface area contributed by atoms with E-state index in [1.165, 1.54) is 18.4 Å². The third-order valence-corrected chi connectivity index (χ3v) is 6.22. The van der Waals surface area contributed by atoms with E-state index in [0.717, 1.165) is 29.2 Å². The van der Waals surface area contributed by atoms with Gasteiger partial charge in [-0.2, -0.15) is 0 Å². The minimum atomic E-state index is -0.230. The van der Waals surface area contributed by atoms with Gasteiger partial charge in [-0.15, -0.1) is 11.3 Å². The number of nitrogens with zero attached hydrogens (tertiary/aromatic N) is 1. The monoisotopic (exact) mass is 451 g/mol. The summed E-state index contributed by atoms with van der Waals surface area (Å²) >= 11 is 1.49. The van der Waals surface area contributed by atoms with Gasteiger partial charge in [-0.3, -0.25) is 9.59 Å². The van der Waals surface area contributed by atoms with Crippen molar-refractivity contribution >= 4 is 39.5 Å². The maximum Gasteiger partial charge on any atom is 0.265 e. The lowest BCUT2D eigenvalue weighted by atomic mass is 10.1. The standard InChI is InChI=1S/C24H25N3O4S/c1-30-16-22(28)25-18-7-9-19(10-8-18)26-23(29)21-15-20(17-5-3-2-4-6-17)24(32-21)27-11-13-31-14-12-27/h2-10,15H,11-14,16H2,1H3,(H,25,28)(H,26,29). The van der Waals surface area contributed by atoms with Gasteiger partial charge in [0, 0.05) is 37.1 Å². The zero-order valence-corrected chi connectivity index (χ0v) is 18.6. The van der Waals surface area contributed by atoms with Crippen LogP contribution < -0.4 is 15.5 Å². The molecule has 0 aliphatic carbocycles. The molecule has 3 aromatic rings. The molecule has 1 aliphatic rings. The average molecular weight is 452 g/mol. The number of anilines is 3. The molecule has 0 bridgehead atoms. The number of rotatable bonds is 7. The molecule has 0 saturated carbocycles. The van der Waals surface area contributed by atoms with Gasteiger partial charge in [-0.1, -0.05) is 30.3 Å². The van der Waals surface area contributed by atoms with E-state index in [0.29, 0.717) is 29.5 Å². The van der Waals surface area contributed by atoms with Crippen LogP contribution >= 0.6 is 11.3 Å². The Kier molecular flexibility index (Phi) is 7.16. The van der Waals surface area contributed by atoms with Crippen molar-refractivity contribution in [1.29, 1.82) is 0 Å². The van der Waals surface area contributed by atoms with E-state index in [1.807, 2.05) is 24.3 Å². The highest BCUT2D eigenvalue weighted by Gasteiger charge is 2.22. The summed E-state index contributed by atoms with van der Waals surface area (Å²) in [4.78, 5) is 27.6. The molecular weight excluding hydrogens is 426 g/mol. The average Bonchev–Trinajstić information content (AvgIpc) is 3.27. The van der Waals surface area contributed by atoms with E-state index in [9.17, 15) is 9.59 Å². The zero-order chi connectivity index (χ0) is 22.3. The summed E-state index contributed by atoms with van der Waals surface area (Å²) in [6.07, 6.45) is 0. The van der Waals surface area contributed by atoms with Gasteiger partial charge in [-0.05, 0) is 35.9 Å². The van der Waals surface area contributed by atoms with Crippen LogP contribution in [0.2, 0.25) is 0 Å². The van der Waals surface area contributed by atoms with Crippen molar-refractivity contribution in [2.24, 2.45) is 0 Å². The summed E-state index contributed by atoms with van der Waals surface area (Å²) in [5, 5.41) is 6.76. The molecular formula is C24H25N3O4S. The number of amides is 2. The Morgan fingerprint density at radius 1 is 1.00 bits per heavy atom. The molecule has 7 nitrogen and oxygen atoms in total. The fraction of sp³-hybridized carbons (Fsp3) is 0.250. The molecule has 0 spiro atoms. The van der Waals surface area contributed by atoms with E-state index in [4.69, 9.17) is 9.47 Å². The number of hydrogen-bond acceptors (Lipinski definition) is 6. The number of ether oxygens (including phenoxy) is 2. The van der Waals surface area contributed by atoms with E-state index in [-0.39, 0.29) is 18.4 Å². The Hall–Kier alpha value is -3.20. The van der Waals surface area contributed by atoms with Crippen molar-refractivity contribution in [2.75, 3.05) is 55.6 Å². The number of thiophene rings is 1. The number of carbonyl (C=O) groups is 2. The van der Waals surface area contributed by atoms with E-state index >= 15 is 0 Å². The van der Waals surface area contributed by atoms with Crippen LogP contribution in [0.15, 0.2) is 60.7 Å². The number of nitrogens with one attached hydrogen (secondary N) is 2. The first-order valence-corrected chi connectivity index (χ1v) is 11.2. The summed E-state index contributed by atoms with van der Waals surface area (Å²) in [5.41, 5.74) is 3.43. The molecule has 32 heavy (non-hydrogen) atoms. The van der Waals surface area contributed by atoms with Gasteiger partial charge >= 0.3 is 0 Å². The lowest BCUT2D eigenvalue weighted by Crippen LogP contribution is -2.35. The van der Waals surface area contributed by atoms with Gasteiger partial charge in [0.25, 0.3) is 5.91 Å². The molecule has 4 rings (SSSR count). The molecule has 1 aromatic heterocycles. The fourth-order valence-electron chi connectivity index (χ4n) is 3.48. The number of methoxy groups -OCH3 is 1. The summed E-state index contributed by atoms with van der Waals surface area (Å²) < 4.78 is 10.3. The first kappa shape index (κ1) is 22.0. The summed E-state index contributed by atoms with van der Waals surface area (Å²) in [7, 11) is 1.47. The Labute approximate surface area is 191 Å². The molecule has 166 valence electrons. The van der Waals surface area contributed by atoms with Crippen molar-refractivity contribution in [3.63, 3.8) is 0 Å². The smallest absolute Gasteiger partial charge is 0.265 e. The Balaban J connectivity index is 1.52. The van der Waals surface area contributed by atoms with Crippen LogP contribution in [0.3, 0.4) is 0 Å². The Bertz CT molecular complexity index is 1060. The fourth-order valence-corrected chi connectivity index (χ4v) is 4.60. The minimum absolute atomic E-state index is 0.00785. The van der Waals surface area contributed by atoms with Crippen molar-refractivity contribution in [3.05, 3.63) is 65.5 Å². The number of carbonyl (C=O) groups excluding carboxylic acids is 2. The van der Waals surface area contributed by atoms with Crippen LogP contribution in [-0.4, -0.2) is 51.8 Å². The second kappa shape index (κ2) is 10.4. The highest BCUT2D eigenvalue weighted by Crippen LogP contribution is 2.39. The van der Waals surface area contributed by atoms with Gasteiger partial charge in [0.05, 0.1) is 23.1 Å². The first-order chi connectivity index (χ1) is 15.6. The number of morpholine rings is 1. The van der Waals surface area contributed by atoms with Gasteiger partial charge < -0.3 is 25.0 Å². The normalized spacial score (nSPS) is 13.6. The third kappa shape index (κ3) is 5.34. The second-order valence-corrected chi connectivity index (χ2v) is 8.34. The van der Waals surface area contributed by atoms with Crippen molar-refractivity contribution < 1.29 is 19.1 Å². The Morgan fingerprint density at radius 2 is 1.66 bits per heavy atom. The van der Waals surface area contributed by atoms with Gasteiger partial charge in [0.2, 0.25) is 5.91 Å². The van der Waals surface area contributed by atoms with E-state index in [1.54, 1.807) is 24.3 Å². The Morgan fingerprint density at radius 3 is 2.31 bits per heavy atom. The van der Waals surface area contributed by atoms with Gasteiger partial charge in [0.1, 0.15) is 6.61 Å². The highest BCUT2D eigenvalue weighted by atomic mass is 32.1. The molecule has 8 heteroatoms. The van der Waals surface area contributed by atoms with Crippen LogP contribution in [0.1, 0.15) is 9.67 Å². The first-order valence-electron chi connectivity index (χ1n) is 10.4. The summed E-state index contributed by atoms with van der Waals surface area (Å²) in [6.45, 7) is 2.96. The summed E-state index contributed by atoms with van der Waals surface area (Å²) in [5.74, 6) is -0.394. The SMILES string of the molecule is COCC(=O)Nc1ccc(NC(=O)c2cc(-c3ccccc3)c(N3CCOCC3)s2)cc1. The zero-order valence-electron chi connectivity index (χ0n) is 17.8. The molecule has 0 unspecified atom stereocenters. The highest BCUT2D eigenvalue weighted by molar-refractivity contribution is 7.18. The van der Waals surface area contributed by atoms with Crippen molar-refractivity contribution in [3.8, 4) is 11.1 Å². The van der Waals surface area contributed by atoms with Crippen molar-refractivity contribution in [2.45, 2.75) is 0 Å². The predicted octanol–water partition coefficient (Wildman–Crippen LogP) is 4.09. The molecule has 2 aromatic carbocycles. The molecule has 2 N–H and O–H groups in total. The van der Waals surface area contributed by atoms with Gasteiger partial charge in [0.15, 0.2) is 0 Å². The van der Waals surface area contributed by atoms with Crippen LogP contribution in [0.4, 0.5) is 16.4 Å². The van der Waals surface area contributed by atoms with Crippen LogP contribution in [0.25, 0.3) is 11.1 Å². The molecule has 1 aliphatic heterocycles. The maximum absolute atomic E-state index is 13.0. The molecule has 1 fully saturated rings. The third-order valence-electron chi connectivity index (χ3n) is 5.02. The van der Waals surface area contributed by atoms with Gasteiger partial charge in [-0.25, -0.2) is 0 Å². The molecule has 0 radical (unpaired) electrons. The van der Waals surface area contributed by atoms with Crippen LogP contribution in [0.5, 0.6) is 0 Å². The topological polar surface area (TPSA) is 79.9 Å². The van der Waals surface area contributed by atoms with Crippen LogP contribution in [-0.2, 0) is 14.3 Å². The lowest BCUT2D eigenvalue weighted by molar-refractivity contribution is -0.119. The predicted molar refractivity (Wildman–Crippen MR) is 128 cm³/mol. The van der Waals surface area contributed by atoms with E-state index in [2.05, 4.69) is 27.7 Å².